The number of hydrogen-bond acceptors (Lipinski definition) is 6. The van der Waals surface area contributed by atoms with Crippen LogP contribution < -0.4 is 23.7 Å². The minimum Gasteiger partial charge on any atom is -0.497 e. The number of rotatable bonds is 8. The van der Waals surface area contributed by atoms with E-state index in [4.69, 9.17) is 18.9 Å². The van der Waals surface area contributed by atoms with E-state index < -0.39 is 10.0 Å². The first-order chi connectivity index (χ1) is 12.4. The van der Waals surface area contributed by atoms with Gasteiger partial charge in [-0.05, 0) is 30.3 Å². The van der Waals surface area contributed by atoms with Crippen LogP contribution in [0.25, 0.3) is 6.08 Å². The Bertz CT molecular complexity index is 850. The highest BCUT2D eigenvalue weighted by Gasteiger charge is 2.13. The second-order valence-corrected chi connectivity index (χ2v) is 6.69. The Balaban J connectivity index is 2.29. The van der Waals surface area contributed by atoms with E-state index in [1.165, 1.54) is 34.5 Å². The molecule has 2 aromatic carbocycles. The highest BCUT2D eigenvalue weighted by atomic mass is 32.2. The van der Waals surface area contributed by atoms with Crippen LogP contribution in [0.3, 0.4) is 0 Å². The van der Waals surface area contributed by atoms with Crippen LogP contribution in [0.15, 0.2) is 41.8 Å². The second-order valence-electron chi connectivity index (χ2n) is 5.12. The minimum absolute atomic E-state index is 0.420. The fourth-order valence-electron chi connectivity index (χ4n) is 2.21. The maximum Gasteiger partial charge on any atom is 0.255 e. The normalized spacial score (nSPS) is 11.2. The number of nitrogens with one attached hydrogen (secondary N) is 1. The molecule has 0 aliphatic heterocycles. The van der Waals surface area contributed by atoms with Gasteiger partial charge < -0.3 is 18.9 Å². The number of sulfonamides is 1. The molecule has 0 atom stereocenters. The summed E-state index contributed by atoms with van der Waals surface area (Å²) < 4.78 is 47.9. The van der Waals surface area contributed by atoms with Crippen molar-refractivity contribution in [3.63, 3.8) is 0 Å². The SMILES string of the molecule is COc1ccc(NS(=O)(=O)C=Cc2c(OC)cc(OC)cc2OC)cc1. The van der Waals surface area contributed by atoms with E-state index in [0.717, 1.165) is 5.41 Å². The smallest absolute Gasteiger partial charge is 0.255 e. The molecule has 0 spiro atoms. The Hall–Kier alpha value is -2.87. The summed E-state index contributed by atoms with van der Waals surface area (Å²) >= 11 is 0. The fourth-order valence-corrected chi connectivity index (χ4v) is 3.06. The van der Waals surface area contributed by atoms with Crippen LogP contribution in [0.2, 0.25) is 0 Å². The molecule has 0 saturated carbocycles. The van der Waals surface area contributed by atoms with Crippen LogP contribution >= 0.6 is 0 Å². The molecule has 0 amide bonds. The molecule has 0 fully saturated rings. The van der Waals surface area contributed by atoms with Gasteiger partial charge in [-0.1, -0.05) is 0 Å². The van der Waals surface area contributed by atoms with E-state index in [1.807, 2.05) is 0 Å². The highest BCUT2D eigenvalue weighted by Crippen LogP contribution is 2.35. The Morgan fingerprint density at radius 2 is 1.35 bits per heavy atom. The summed E-state index contributed by atoms with van der Waals surface area (Å²) in [6, 6.07) is 9.84. The lowest BCUT2D eigenvalue weighted by Gasteiger charge is -2.12. The highest BCUT2D eigenvalue weighted by molar-refractivity contribution is 7.95. The Morgan fingerprint density at radius 3 is 1.81 bits per heavy atom. The van der Waals surface area contributed by atoms with Crippen LogP contribution in [0.5, 0.6) is 23.0 Å². The van der Waals surface area contributed by atoms with Gasteiger partial charge in [-0.3, -0.25) is 4.72 Å². The number of methoxy groups -OCH3 is 4. The van der Waals surface area contributed by atoms with Crippen molar-refractivity contribution in [1.82, 2.24) is 0 Å². The van der Waals surface area contributed by atoms with Crippen molar-refractivity contribution in [3.8, 4) is 23.0 Å². The van der Waals surface area contributed by atoms with Crippen LogP contribution in [0.1, 0.15) is 5.56 Å². The fraction of sp³-hybridized carbons (Fsp3) is 0.222. The molecular formula is C18H21NO6S. The molecule has 0 aromatic heterocycles. The van der Waals surface area contributed by atoms with Crippen LogP contribution in [-0.4, -0.2) is 36.9 Å². The molecule has 0 radical (unpaired) electrons. The molecule has 0 unspecified atom stereocenters. The van der Waals surface area contributed by atoms with E-state index in [9.17, 15) is 8.42 Å². The summed E-state index contributed by atoms with van der Waals surface area (Å²) in [6.45, 7) is 0. The average molecular weight is 379 g/mol. The topological polar surface area (TPSA) is 83.1 Å². The number of benzene rings is 2. The molecule has 8 heteroatoms. The van der Waals surface area contributed by atoms with Gasteiger partial charge in [0.2, 0.25) is 0 Å². The van der Waals surface area contributed by atoms with Crippen molar-refractivity contribution in [2.24, 2.45) is 0 Å². The summed E-state index contributed by atoms with van der Waals surface area (Å²) in [6.07, 6.45) is 1.41. The number of ether oxygens (including phenoxy) is 4. The van der Waals surface area contributed by atoms with E-state index in [-0.39, 0.29) is 0 Å². The van der Waals surface area contributed by atoms with Gasteiger partial charge in [0.15, 0.2) is 0 Å². The van der Waals surface area contributed by atoms with Gasteiger partial charge in [-0.15, -0.1) is 0 Å². The van der Waals surface area contributed by atoms with Crippen molar-refractivity contribution >= 4 is 21.8 Å². The molecular weight excluding hydrogens is 358 g/mol. The molecule has 0 aliphatic rings. The Labute approximate surface area is 153 Å². The number of hydrogen-bond donors (Lipinski definition) is 1. The van der Waals surface area contributed by atoms with Crippen molar-refractivity contribution in [2.45, 2.75) is 0 Å². The molecule has 140 valence electrons. The predicted octanol–water partition coefficient (Wildman–Crippen LogP) is 3.13. The Kier molecular flexibility index (Phi) is 6.35. The molecule has 0 aliphatic carbocycles. The summed E-state index contributed by atoms with van der Waals surface area (Å²) in [5.41, 5.74) is 0.903. The lowest BCUT2D eigenvalue weighted by molar-refractivity contribution is 0.374. The molecule has 26 heavy (non-hydrogen) atoms. The number of anilines is 1. The average Bonchev–Trinajstić information content (AvgIpc) is 2.65. The standard InChI is InChI=1S/C18H21NO6S/c1-22-14-7-5-13(6-8-14)19-26(20,21)10-9-16-17(24-3)11-15(23-2)12-18(16)25-4/h5-12,19H,1-4H3. The first kappa shape index (κ1) is 19.5. The van der Waals surface area contributed by atoms with E-state index in [0.29, 0.717) is 34.2 Å². The maximum atomic E-state index is 12.3. The molecule has 0 heterocycles. The summed E-state index contributed by atoms with van der Waals surface area (Å²) in [5.74, 6) is 2.03. The third kappa shape index (κ3) is 4.82. The molecule has 7 nitrogen and oxygen atoms in total. The monoisotopic (exact) mass is 379 g/mol. The van der Waals surface area contributed by atoms with Crippen LogP contribution in [-0.2, 0) is 10.0 Å². The van der Waals surface area contributed by atoms with Gasteiger partial charge in [-0.25, -0.2) is 8.42 Å². The van der Waals surface area contributed by atoms with Crippen molar-refractivity contribution < 1.29 is 27.4 Å². The summed E-state index contributed by atoms with van der Waals surface area (Å²) in [4.78, 5) is 0. The van der Waals surface area contributed by atoms with Gasteiger partial charge in [0.05, 0.1) is 39.4 Å². The van der Waals surface area contributed by atoms with Gasteiger partial charge in [0.1, 0.15) is 23.0 Å². The minimum atomic E-state index is -3.73. The quantitative estimate of drug-likeness (QED) is 0.759. The molecule has 2 rings (SSSR count). The third-order valence-corrected chi connectivity index (χ3v) is 4.53. The lowest BCUT2D eigenvalue weighted by atomic mass is 10.1. The van der Waals surface area contributed by atoms with Crippen LogP contribution in [0, 0.1) is 0 Å². The zero-order valence-electron chi connectivity index (χ0n) is 15.0. The van der Waals surface area contributed by atoms with Crippen molar-refractivity contribution in [2.75, 3.05) is 33.2 Å². The van der Waals surface area contributed by atoms with Crippen molar-refractivity contribution in [1.29, 1.82) is 0 Å². The molecule has 1 N–H and O–H groups in total. The van der Waals surface area contributed by atoms with Gasteiger partial charge in [0, 0.05) is 17.8 Å². The second kappa shape index (κ2) is 8.48. The van der Waals surface area contributed by atoms with E-state index in [2.05, 4.69) is 4.72 Å². The molecule has 2 aromatic rings. The summed E-state index contributed by atoms with van der Waals surface area (Å²) in [5, 5.41) is 1.05. The largest absolute Gasteiger partial charge is 0.497 e. The Morgan fingerprint density at radius 1 is 0.808 bits per heavy atom. The summed E-state index contributed by atoms with van der Waals surface area (Å²) in [7, 11) is 2.29. The first-order valence-corrected chi connectivity index (χ1v) is 9.12. The van der Waals surface area contributed by atoms with E-state index >= 15 is 0 Å². The van der Waals surface area contributed by atoms with E-state index in [1.54, 1.807) is 36.4 Å². The zero-order valence-corrected chi connectivity index (χ0v) is 15.8. The lowest BCUT2D eigenvalue weighted by Crippen LogP contribution is -2.08. The molecule has 0 saturated heterocycles. The van der Waals surface area contributed by atoms with Gasteiger partial charge >= 0.3 is 0 Å². The van der Waals surface area contributed by atoms with Gasteiger partial charge in [0.25, 0.3) is 10.0 Å². The van der Waals surface area contributed by atoms with Gasteiger partial charge in [-0.2, -0.15) is 0 Å². The third-order valence-electron chi connectivity index (χ3n) is 3.52. The first-order valence-electron chi connectivity index (χ1n) is 7.57. The predicted molar refractivity (Wildman–Crippen MR) is 101 cm³/mol. The maximum absolute atomic E-state index is 12.3. The van der Waals surface area contributed by atoms with Crippen LogP contribution in [0.4, 0.5) is 5.69 Å². The zero-order chi connectivity index (χ0) is 19.2. The van der Waals surface area contributed by atoms with Crippen molar-refractivity contribution in [3.05, 3.63) is 47.4 Å². The molecule has 0 bridgehead atoms.